The Bertz CT molecular complexity index is 569. The molecule has 0 amide bonds. The Morgan fingerprint density at radius 2 is 2.10 bits per heavy atom. The molecule has 0 fully saturated rings. The lowest BCUT2D eigenvalue weighted by Gasteiger charge is -2.07. The van der Waals surface area contributed by atoms with Crippen LogP contribution < -0.4 is 14.8 Å². The topological polar surface area (TPSA) is 69.4 Å². The molecule has 0 aliphatic carbocycles. The Balaban J connectivity index is 2.31. The van der Waals surface area contributed by atoms with Gasteiger partial charge in [0.1, 0.15) is 11.5 Å². The minimum absolute atomic E-state index is 0.285. The number of nitrogens with zero attached hydrogens (tertiary/aromatic N) is 2. The molecule has 20 heavy (non-hydrogen) atoms. The van der Waals surface area contributed by atoms with E-state index in [0.29, 0.717) is 29.6 Å². The molecule has 1 atom stereocenters. The predicted molar refractivity (Wildman–Crippen MR) is 75.1 cm³/mol. The summed E-state index contributed by atoms with van der Waals surface area (Å²) in [5.74, 6) is 2.47. The fraction of sp³-hybridized carbons (Fsp3) is 0.429. The second-order valence-corrected chi connectivity index (χ2v) is 4.48. The van der Waals surface area contributed by atoms with Gasteiger partial charge in [-0.15, -0.1) is 0 Å². The van der Waals surface area contributed by atoms with Crippen LogP contribution in [0.4, 0.5) is 0 Å². The molecule has 0 bridgehead atoms. The van der Waals surface area contributed by atoms with Crippen molar-refractivity contribution in [3.63, 3.8) is 0 Å². The Hall–Kier alpha value is -2.08. The minimum Gasteiger partial charge on any atom is -0.497 e. The van der Waals surface area contributed by atoms with Crippen molar-refractivity contribution in [1.82, 2.24) is 15.5 Å². The third-order valence-electron chi connectivity index (χ3n) is 3.09. The summed E-state index contributed by atoms with van der Waals surface area (Å²) in [4.78, 5) is 4.40. The summed E-state index contributed by atoms with van der Waals surface area (Å²) in [6.07, 6.45) is 0.701. The number of hydrogen-bond acceptors (Lipinski definition) is 6. The van der Waals surface area contributed by atoms with Crippen molar-refractivity contribution in [2.24, 2.45) is 0 Å². The van der Waals surface area contributed by atoms with Crippen LogP contribution in [0.3, 0.4) is 0 Å². The molecule has 2 aromatic rings. The molecule has 2 rings (SSSR count). The van der Waals surface area contributed by atoms with Crippen LogP contribution in [0.1, 0.15) is 12.7 Å². The zero-order chi connectivity index (χ0) is 14.5. The summed E-state index contributed by atoms with van der Waals surface area (Å²) in [6.45, 7) is 2.06. The van der Waals surface area contributed by atoms with Crippen molar-refractivity contribution in [3.8, 4) is 23.0 Å². The van der Waals surface area contributed by atoms with Gasteiger partial charge in [0.05, 0.1) is 19.8 Å². The third kappa shape index (κ3) is 3.08. The van der Waals surface area contributed by atoms with Gasteiger partial charge in [0.15, 0.2) is 5.82 Å². The zero-order valence-corrected chi connectivity index (χ0v) is 12.1. The van der Waals surface area contributed by atoms with Crippen LogP contribution in [0.5, 0.6) is 11.5 Å². The smallest absolute Gasteiger partial charge is 0.261 e. The van der Waals surface area contributed by atoms with E-state index in [1.807, 2.05) is 25.2 Å². The first-order valence-corrected chi connectivity index (χ1v) is 6.40. The highest BCUT2D eigenvalue weighted by Gasteiger charge is 2.16. The summed E-state index contributed by atoms with van der Waals surface area (Å²) in [5.41, 5.74) is 0.725. The Morgan fingerprint density at radius 3 is 2.75 bits per heavy atom. The Morgan fingerprint density at radius 1 is 1.30 bits per heavy atom. The van der Waals surface area contributed by atoms with Crippen LogP contribution >= 0.6 is 0 Å². The number of methoxy groups -OCH3 is 2. The maximum atomic E-state index is 5.32. The number of hydrogen-bond donors (Lipinski definition) is 1. The quantitative estimate of drug-likeness (QED) is 0.869. The molecule has 1 aromatic carbocycles. The lowest BCUT2D eigenvalue weighted by molar-refractivity contribution is 0.394. The van der Waals surface area contributed by atoms with E-state index in [4.69, 9.17) is 14.0 Å². The van der Waals surface area contributed by atoms with Gasteiger partial charge in [-0.2, -0.15) is 4.98 Å². The molecule has 1 heterocycles. The number of ether oxygens (including phenoxy) is 2. The fourth-order valence-electron chi connectivity index (χ4n) is 1.80. The van der Waals surface area contributed by atoms with Gasteiger partial charge in [-0.3, -0.25) is 0 Å². The number of benzene rings is 1. The molecule has 1 unspecified atom stereocenters. The second kappa shape index (κ2) is 6.38. The first-order chi connectivity index (χ1) is 9.67. The Kier molecular flexibility index (Phi) is 4.57. The van der Waals surface area contributed by atoms with Gasteiger partial charge in [-0.25, -0.2) is 0 Å². The van der Waals surface area contributed by atoms with Gasteiger partial charge in [-0.1, -0.05) is 5.16 Å². The van der Waals surface area contributed by atoms with E-state index in [1.54, 1.807) is 14.2 Å². The van der Waals surface area contributed by atoms with E-state index in [9.17, 15) is 0 Å². The molecular formula is C14H19N3O3. The molecule has 0 saturated heterocycles. The van der Waals surface area contributed by atoms with Crippen molar-refractivity contribution in [2.75, 3.05) is 21.3 Å². The van der Waals surface area contributed by atoms with E-state index in [0.717, 1.165) is 5.56 Å². The summed E-state index contributed by atoms with van der Waals surface area (Å²) in [5, 5.41) is 7.13. The van der Waals surface area contributed by atoms with Gasteiger partial charge in [0.25, 0.3) is 5.89 Å². The van der Waals surface area contributed by atoms with E-state index < -0.39 is 0 Å². The second-order valence-electron chi connectivity index (χ2n) is 4.48. The van der Waals surface area contributed by atoms with Gasteiger partial charge < -0.3 is 19.3 Å². The molecular weight excluding hydrogens is 258 g/mol. The Labute approximate surface area is 118 Å². The number of likely N-dealkylation sites (N-methyl/N-ethyl adjacent to an activating group) is 1. The lowest BCUT2D eigenvalue weighted by Crippen LogP contribution is -2.24. The summed E-state index contributed by atoms with van der Waals surface area (Å²) < 4.78 is 15.8. The molecule has 108 valence electrons. The van der Waals surface area contributed by atoms with Crippen molar-refractivity contribution in [3.05, 3.63) is 24.0 Å². The van der Waals surface area contributed by atoms with Crippen LogP contribution in [0.2, 0.25) is 0 Å². The highest BCUT2D eigenvalue weighted by atomic mass is 16.5. The van der Waals surface area contributed by atoms with Gasteiger partial charge in [0.2, 0.25) is 0 Å². The number of aromatic nitrogens is 2. The lowest BCUT2D eigenvalue weighted by atomic mass is 10.2. The number of nitrogens with one attached hydrogen (secondary N) is 1. The number of rotatable bonds is 6. The average Bonchev–Trinajstić information content (AvgIpc) is 2.94. The third-order valence-corrected chi connectivity index (χ3v) is 3.09. The summed E-state index contributed by atoms with van der Waals surface area (Å²) >= 11 is 0. The monoisotopic (exact) mass is 277 g/mol. The predicted octanol–water partition coefficient (Wildman–Crippen LogP) is 1.90. The zero-order valence-electron chi connectivity index (χ0n) is 12.1. The van der Waals surface area contributed by atoms with E-state index in [2.05, 4.69) is 22.4 Å². The van der Waals surface area contributed by atoms with E-state index in [-0.39, 0.29) is 6.04 Å². The molecule has 0 aliphatic heterocycles. The SMILES string of the molecule is CNC(C)Cc1noc(-c2cc(OC)ccc2OC)n1. The van der Waals surface area contributed by atoms with Crippen molar-refractivity contribution >= 4 is 0 Å². The minimum atomic E-state index is 0.285. The van der Waals surface area contributed by atoms with E-state index >= 15 is 0 Å². The molecule has 0 spiro atoms. The average molecular weight is 277 g/mol. The standard InChI is InChI=1S/C14H19N3O3/c1-9(15-2)7-13-16-14(20-17-13)11-8-10(18-3)5-6-12(11)19-4/h5-6,8-9,15H,7H2,1-4H3. The molecule has 1 N–H and O–H groups in total. The fourth-order valence-corrected chi connectivity index (χ4v) is 1.80. The highest BCUT2D eigenvalue weighted by molar-refractivity contribution is 5.65. The van der Waals surface area contributed by atoms with Crippen LogP contribution in [-0.2, 0) is 6.42 Å². The normalized spacial score (nSPS) is 12.2. The first-order valence-electron chi connectivity index (χ1n) is 6.40. The highest BCUT2D eigenvalue weighted by Crippen LogP contribution is 2.32. The van der Waals surface area contributed by atoms with Crippen LogP contribution in [0, 0.1) is 0 Å². The summed E-state index contributed by atoms with van der Waals surface area (Å²) in [7, 11) is 5.11. The maximum Gasteiger partial charge on any atom is 0.261 e. The molecule has 0 saturated carbocycles. The maximum absolute atomic E-state index is 5.32. The largest absolute Gasteiger partial charge is 0.497 e. The van der Waals surface area contributed by atoms with Gasteiger partial charge >= 0.3 is 0 Å². The van der Waals surface area contributed by atoms with Crippen LogP contribution in [0.25, 0.3) is 11.5 Å². The van der Waals surface area contributed by atoms with Gasteiger partial charge in [-0.05, 0) is 32.2 Å². The molecule has 0 aliphatic rings. The van der Waals surface area contributed by atoms with Gasteiger partial charge in [0, 0.05) is 12.5 Å². The molecule has 6 heteroatoms. The van der Waals surface area contributed by atoms with Crippen LogP contribution in [0.15, 0.2) is 22.7 Å². The molecule has 0 radical (unpaired) electrons. The first kappa shape index (κ1) is 14.3. The van der Waals surface area contributed by atoms with Crippen molar-refractivity contribution < 1.29 is 14.0 Å². The van der Waals surface area contributed by atoms with Crippen molar-refractivity contribution in [2.45, 2.75) is 19.4 Å². The summed E-state index contributed by atoms with van der Waals surface area (Å²) in [6, 6.07) is 5.74. The molecule has 6 nitrogen and oxygen atoms in total. The van der Waals surface area contributed by atoms with Crippen molar-refractivity contribution in [1.29, 1.82) is 0 Å². The van der Waals surface area contributed by atoms with E-state index in [1.165, 1.54) is 0 Å². The van der Waals surface area contributed by atoms with Crippen LogP contribution in [-0.4, -0.2) is 37.4 Å². The molecule has 1 aromatic heterocycles.